The molecule has 0 spiro atoms. The van der Waals surface area contributed by atoms with E-state index in [4.69, 9.17) is 14.2 Å². The summed E-state index contributed by atoms with van der Waals surface area (Å²) < 4.78 is 18.1. The third-order valence-corrected chi connectivity index (χ3v) is 5.56. The Kier molecular flexibility index (Phi) is 5.45. The number of carbonyl (C=O) groups is 1. The van der Waals surface area contributed by atoms with Crippen LogP contribution in [0.1, 0.15) is 21.5 Å². The number of nitrogens with zero attached hydrogens (tertiary/aromatic N) is 2. The van der Waals surface area contributed by atoms with Crippen molar-refractivity contribution in [3.63, 3.8) is 0 Å². The number of hydrogen-bond acceptors (Lipinski definition) is 4. The molecule has 0 saturated heterocycles. The summed E-state index contributed by atoms with van der Waals surface area (Å²) in [6, 6.07) is 12.0. The van der Waals surface area contributed by atoms with Gasteiger partial charge in [0.15, 0.2) is 11.5 Å². The number of carbonyl (C=O) groups excluding carboxylic acids is 1. The van der Waals surface area contributed by atoms with Gasteiger partial charge in [-0.1, -0.05) is 6.07 Å². The maximum atomic E-state index is 13.2. The quantitative estimate of drug-likeness (QED) is 0.642. The van der Waals surface area contributed by atoms with E-state index >= 15 is 0 Å². The number of ether oxygens (including phenoxy) is 3. The molecule has 152 valence electrons. The fourth-order valence-corrected chi connectivity index (χ4v) is 3.94. The summed E-state index contributed by atoms with van der Waals surface area (Å²) in [6.07, 6.45) is 2.84. The predicted molar refractivity (Wildman–Crippen MR) is 112 cm³/mol. The van der Waals surface area contributed by atoms with E-state index in [-0.39, 0.29) is 5.91 Å². The van der Waals surface area contributed by atoms with Crippen molar-refractivity contribution in [2.75, 3.05) is 34.5 Å². The first-order chi connectivity index (χ1) is 14.1. The van der Waals surface area contributed by atoms with Gasteiger partial charge in [-0.3, -0.25) is 4.79 Å². The van der Waals surface area contributed by atoms with Crippen molar-refractivity contribution in [2.24, 2.45) is 0 Å². The molecule has 0 bridgehead atoms. The van der Waals surface area contributed by atoms with Crippen LogP contribution in [0.2, 0.25) is 0 Å². The van der Waals surface area contributed by atoms with Crippen molar-refractivity contribution in [1.82, 2.24) is 9.47 Å². The summed E-state index contributed by atoms with van der Waals surface area (Å²) in [4.78, 5) is 15.1. The van der Waals surface area contributed by atoms with Gasteiger partial charge in [-0.05, 0) is 53.3 Å². The van der Waals surface area contributed by atoms with Crippen molar-refractivity contribution >= 4 is 16.8 Å². The Labute approximate surface area is 170 Å². The van der Waals surface area contributed by atoms with Gasteiger partial charge in [0.1, 0.15) is 0 Å². The maximum absolute atomic E-state index is 13.2. The second-order valence-electron chi connectivity index (χ2n) is 7.23. The number of rotatable bonds is 6. The Morgan fingerprint density at radius 3 is 2.48 bits per heavy atom. The molecule has 29 heavy (non-hydrogen) atoms. The van der Waals surface area contributed by atoms with Gasteiger partial charge in [0, 0.05) is 44.0 Å². The van der Waals surface area contributed by atoms with Gasteiger partial charge in [-0.25, -0.2) is 0 Å². The summed E-state index contributed by atoms with van der Waals surface area (Å²) in [7, 11) is 4.96. The third kappa shape index (κ3) is 3.68. The van der Waals surface area contributed by atoms with Crippen LogP contribution in [0, 0.1) is 0 Å². The van der Waals surface area contributed by atoms with Crippen LogP contribution in [-0.2, 0) is 24.2 Å². The van der Waals surface area contributed by atoms with Gasteiger partial charge < -0.3 is 23.7 Å². The number of benzene rings is 2. The molecule has 3 aromatic rings. The van der Waals surface area contributed by atoms with E-state index < -0.39 is 0 Å². The first kappa shape index (κ1) is 19.3. The van der Waals surface area contributed by atoms with E-state index in [1.165, 1.54) is 5.56 Å². The van der Waals surface area contributed by atoms with Crippen molar-refractivity contribution in [2.45, 2.75) is 19.5 Å². The molecule has 1 amide bonds. The van der Waals surface area contributed by atoms with E-state index in [0.29, 0.717) is 31.0 Å². The largest absolute Gasteiger partial charge is 0.493 e. The highest BCUT2D eigenvalue weighted by Gasteiger charge is 2.24. The van der Waals surface area contributed by atoms with Crippen LogP contribution in [0.4, 0.5) is 0 Å². The molecule has 0 N–H and O–H groups in total. The average Bonchev–Trinajstić information content (AvgIpc) is 3.17. The van der Waals surface area contributed by atoms with Crippen LogP contribution in [0.15, 0.2) is 42.6 Å². The van der Waals surface area contributed by atoms with Gasteiger partial charge in [0.2, 0.25) is 0 Å². The molecule has 0 unspecified atom stereocenters. The lowest BCUT2D eigenvalue weighted by molar-refractivity contribution is 0.0734. The number of amides is 1. The molecule has 1 aliphatic heterocycles. The van der Waals surface area contributed by atoms with Crippen molar-refractivity contribution in [3.8, 4) is 11.5 Å². The second kappa shape index (κ2) is 8.17. The molecule has 2 heterocycles. The molecule has 6 heteroatoms. The summed E-state index contributed by atoms with van der Waals surface area (Å²) in [6.45, 7) is 2.65. The molecule has 2 aromatic carbocycles. The van der Waals surface area contributed by atoms with Gasteiger partial charge in [0.25, 0.3) is 5.91 Å². The van der Waals surface area contributed by atoms with Crippen molar-refractivity contribution in [1.29, 1.82) is 0 Å². The van der Waals surface area contributed by atoms with Crippen LogP contribution in [0.25, 0.3) is 10.9 Å². The molecule has 1 aliphatic rings. The highest BCUT2D eigenvalue weighted by atomic mass is 16.5. The van der Waals surface area contributed by atoms with Gasteiger partial charge in [0.05, 0.1) is 20.8 Å². The Balaban J connectivity index is 1.59. The lowest BCUT2D eigenvalue weighted by Crippen LogP contribution is -2.36. The highest BCUT2D eigenvalue weighted by Crippen LogP contribution is 2.33. The number of hydrogen-bond donors (Lipinski definition) is 0. The fraction of sp³-hybridized carbons (Fsp3) is 0.348. The van der Waals surface area contributed by atoms with E-state index in [1.807, 2.05) is 41.4 Å². The van der Waals surface area contributed by atoms with Crippen LogP contribution in [-0.4, -0.2) is 49.9 Å². The monoisotopic (exact) mass is 394 g/mol. The first-order valence-corrected chi connectivity index (χ1v) is 9.75. The third-order valence-electron chi connectivity index (χ3n) is 5.56. The molecule has 0 saturated carbocycles. The molecule has 1 aromatic heterocycles. The number of aromatic nitrogens is 1. The van der Waals surface area contributed by atoms with E-state index in [2.05, 4.69) is 10.6 Å². The molecular weight excluding hydrogens is 368 g/mol. The average molecular weight is 394 g/mol. The number of methoxy groups -OCH3 is 3. The topological polar surface area (TPSA) is 52.9 Å². The highest BCUT2D eigenvalue weighted by molar-refractivity contribution is 5.98. The summed E-state index contributed by atoms with van der Waals surface area (Å²) in [5, 5.41) is 1.12. The fourth-order valence-electron chi connectivity index (χ4n) is 3.94. The number of fused-ring (bicyclic) bond motifs is 2. The zero-order valence-electron chi connectivity index (χ0n) is 17.1. The zero-order chi connectivity index (χ0) is 20.4. The minimum absolute atomic E-state index is 0.0480. The zero-order valence-corrected chi connectivity index (χ0v) is 17.1. The Morgan fingerprint density at radius 2 is 1.76 bits per heavy atom. The van der Waals surface area contributed by atoms with Crippen molar-refractivity contribution < 1.29 is 19.0 Å². The molecule has 4 rings (SSSR count). The molecule has 0 aliphatic carbocycles. The van der Waals surface area contributed by atoms with Gasteiger partial charge in [-0.2, -0.15) is 0 Å². The summed E-state index contributed by atoms with van der Waals surface area (Å²) in [5.41, 5.74) is 4.07. The lowest BCUT2D eigenvalue weighted by atomic mass is 9.98. The summed E-state index contributed by atoms with van der Waals surface area (Å²) >= 11 is 0. The lowest BCUT2D eigenvalue weighted by Gasteiger charge is -2.29. The van der Waals surface area contributed by atoms with Crippen LogP contribution >= 0.6 is 0 Å². The normalized spacial score (nSPS) is 13.4. The van der Waals surface area contributed by atoms with Gasteiger partial charge in [-0.15, -0.1) is 0 Å². The molecular formula is C23H26N2O4. The van der Waals surface area contributed by atoms with E-state index in [9.17, 15) is 4.79 Å². The molecule has 6 nitrogen and oxygen atoms in total. The molecule has 0 atom stereocenters. The Morgan fingerprint density at radius 1 is 1.00 bits per heavy atom. The second-order valence-corrected chi connectivity index (χ2v) is 7.23. The molecule has 0 radical (unpaired) electrons. The van der Waals surface area contributed by atoms with Crippen LogP contribution in [0.5, 0.6) is 11.5 Å². The van der Waals surface area contributed by atoms with Crippen molar-refractivity contribution in [3.05, 3.63) is 59.3 Å². The van der Waals surface area contributed by atoms with Gasteiger partial charge >= 0.3 is 0 Å². The minimum Gasteiger partial charge on any atom is -0.493 e. The first-order valence-electron chi connectivity index (χ1n) is 9.75. The Hall–Kier alpha value is -2.99. The smallest absolute Gasteiger partial charge is 0.254 e. The summed E-state index contributed by atoms with van der Waals surface area (Å²) in [5.74, 6) is 1.47. The predicted octanol–water partition coefficient (Wildman–Crippen LogP) is 3.50. The van der Waals surface area contributed by atoms with Crippen LogP contribution in [0.3, 0.4) is 0 Å². The SMILES string of the molecule is COCCn1ccc2ccc(C(=O)N3CCc4cc(OC)c(OC)cc4C3)cc21. The van der Waals surface area contributed by atoms with E-state index in [1.54, 1.807) is 21.3 Å². The maximum Gasteiger partial charge on any atom is 0.254 e. The Bertz CT molecular complexity index is 1040. The standard InChI is InChI=1S/C23H26N2O4/c1-27-11-10-24-8-6-16-4-5-18(12-20(16)24)23(26)25-9-7-17-13-21(28-2)22(29-3)14-19(17)15-25/h4-6,8,12-14H,7,9-11,15H2,1-3H3. The van der Waals surface area contributed by atoms with E-state index in [0.717, 1.165) is 35.2 Å². The van der Waals surface area contributed by atoms with Crippen LogP contribution < -0.4 is 9.47 Å². The molecule has 0 fully saturated rings. The minimum atomic E-state index is 0.0480.